The van der Waals surface area contributed by atoms with Crippen LogP contribution in [0, 0.1) is 11.8 Å². The van der Waals surface area contributed by atoms with Crippen LogP contribution in [0.3, 0.4) is 0 Å². The molecule has 0 bridgehead atoms. The van der Waals surface area contributed by atoms with Crippen LogP contribution in [0.15, 0.2) is 29.4 Å². The molecule has 0 atom stereocenters. The van der Waals surface area contributed by atoms with Crippen molar-refractivity contribution in [1.29, 1.82) is 0 Å². The van der Waals surface area contributed by atoms with Crippen LogP contribution in [-0.4, -0.2) is 24.7 Å². The Labute approximate surface area is 121 Å². The highest BCUT2D eigenvalue weighted by molar-refractivity contribution is 7.89. The van der Waals surface area contributed by atoms with Crippen LogP contribution in [0.2, 0.25) is 0 Å². The molecule has 0 unspecified atom stereocenters. The third kappa shape index (κ3) is 3.68. The number of hydrogen-bond donors (Lipinski definition) is 2. The SMILES string of the molecule is Cn1cc(S(=O)(=O)NCc2ccc(C#CCN)s2)cn1. The van der Waals surface area contributed by atoms with Crippen LogP contribution in [0.1, 0.15) is 9.75 Å². The molecule has 0 saturated carbocycles. The van der Waals surface area contributed by atoms with Crippen LogP contribution < -0.4 is 10.5 Å². The number of aryl methyl sites for hydroxylation is 1. The minimum absolute atomic E-state index is 0.153. The van der Waals surface area contributed by atoms with E-state index in [0.29, 0.717) is 6.54 Å². The van der Waals surface area contributed by atoms with Crippen molar-refractivity contribution < 1.29 is 8.42 Å². The Balaban J connectivity index is 2.03. The molecule has 2 rings (SSSR count). The molecule has 0 amide bonds. The average Bonchev–Trinajstić information content (AvgIpc) is 3.03. The molecule has 0 aromatic carbocycles. The third-order valence-corrected chi connectivity index (χ3v) is 4.76. The van der Waals surface area contributed by atoms with Crippen molar-refractivity contribution in [2.24, 2.45) is 12.8 Å². The summed E-state index contributed by atoms with van der Waals surface area (Å²) in [5, 5.41) is 3.85. The van der Waals surface area contributed by atoms with Crippen LogP contribution in [0.5, 0.6) is 0 Å². The lowest BCUT2D eigenvalue weighted by molar-refractivity contribution is 0.581. The predicted octanol–water partition coefficient (Wildman–Crippen LogP) is 0.270. The average molecular weight is 310 g/mol. The molecule has 2 heterocycles. The van der Waals surface area contributed by atoms with Crippen LogP contribution in [-0.2, 0) is 23.6 Å². The molecule has 20 heavy (non-hydrogen) atoms. The van der Waals surface area contributed by atoms with Gasteiger partial charge in [0.2, 0.25) is 10.0 Å². The van der Waals surface area contributed by atoms with Gasteiger partial charge in [0, 0.05) is 24.7 Å². The Morgan fingerprint density at radius 1 is 1.50 bits per heavy atom. The van der Waals surface area contributed by atoms with E-state index < -0.39 is 10.0 Å². The maximum Gasteiger partial charge on any atom is 0.244 e. The minimum Gasteiger partial charge on any atom is -0.320 e. The first-order chi connectivity index (χ1) is 9.51. The van der Waals surface area contributed by atoms with Crippen molar-refractivity contribution >= 4 is 21.4 Å². The lowest BCUT2D eigenvalue weighted by Gasteiger charge is -2.02. The molecule has 0 fully saturated rings. The molecule has 0 spiro atoms. The van der Waals surface area contributed by atoms with Crippen molar-refractivity contribution in [2.75, 3.05) is 6.54 Å². The highest BCUT2D eigenvalue weighted by atomic mass is 32.2. The molecule has 6 nitrogen and oxygen atoms in total. The van der Waals surface area contributed by atoms with Gasteiger partial charge in [-0.2, -0.15) is 5.10 Å². The van der Waals surface area contributed by atoms with Crippen molar-refractivity contribution in [3.8, 4) is 11.8 Å². The lowest BCUT2D eigenvalue weighted by atomic mass is 10.4. The topological polar surface area (TPSA) is 90.0 Å². The maximum absolute atomic E-state index is 12.0. The van der Waals surface area contributed by atoms with Gasteiger partial charge in [0.15, 0.2) is 0 Å². The van der Waals surface area contributed by atoms with Crippen molar-refractivity contribution in [3.05, 3.63) is 34.3 Å². The molecule has 0 aliphatic rings. The molecular weight excluding hydrogens is 296 g/mol. The number of nitrogens with one attached hydrogen (secondary N) is 1. The first-order valence-corrected chi connectivity index (χ1v) is 8.07. The zero-order chi connectivity index (χ0) is 14.6. The Bertz CT molecular complexity index is 750. The van der Waals surface area contributed by atoms with Gasteiger partial charge in [0.1, 0.15) is 4.90 Å². The van der Waals surface area contributed by atoms with Gasteiger partial charge in [-0.25, -0.2) is 13.1 Å². The van der Waals surface area contributed by atoms with Crippen molar-refractivity contribution in [3.63, 3.8) is 0 Å². The standard InChI is InChI=1S/C12H14N4O2S2/c1-16-9-12(8-14-16)20(17,18)15-7-11-5-4-10(19-11)3-2-6-13/h4-5,8-9,15H,6-7,13H2,1H3. The molecule has 3 N–H and O–H groups in total. The highest BCUT2D eigenvalue weighted by Gasteiger charge is 2.15. The smallest absolute Gasteiger partial charge is 0.244 e. The largest absolute Gasteiger partial charge is 0.320 e. The summed E-state index contributed by atoms with van der Waals surface area (Å²) in [5.74, 6) is 5.67. The zero-order valence-corrected chi connectivity index (χ0v) is 12.5. The van der Waals surface area contributed by atoms with E-state index in [1.807, 2.05) is 12.1 Å². The molecule has 106 valence electrons. The van der Waals surface area contributed by atoms with Gasteiger partial charge in [0.25, 0.3) is 0 Å². The van der Waals surface area contributed by atoms with E-state index in [1.54, 1.807) is 7.05 Å². The third-order valence-electron chi connectivity index (χ3n) is 2.40. The Hall–Kier alpha value is -1.66. The van der Waals surface area contributed by atoms with Crippen molar-refractivity contribution in [2.45, 2.75) is 11.4 Å². The maximum atomic E-state index is 12.0. The number of hydrogen-bond acceptors (Lipinski definition) is 5. The second-order valence-electron chi connectivity index (χ2n) is 3.95. The fourth-order valence-corrected chi connectivity index (χ4v) is 3.37. The second kappa shape index (κ2) is 6.19. The predicted molar refractivity (Wildman–Crippen MR) is 77.5 cm³/mol. The van der Waals surface area contributed by atoms with E-state index in [0.717, 1.165) is 9.75 Å². The molecule has 0 saturated heterocycles. The summed E-state index contributed by atoms with van der Waals surface area (Å²) in [5.41, 5.74) is 5.30. The van der Waals surface area contributed by atoms with Gasteiger partial charge in [-0.15, -0.1) is 11.3 Å². The van der Waals surface area contributed by atoms with Crippen LogP contribution in [0.4, 0.5) is 0 Å². The van der Waals surface area contributed by atoms with E-state index in [2.05, 4.69) is 21.7 Å². The summed E-state index contributed by atoms with van der Waals surface area (Å²) in [4.78, 5) is 1.91. The number of thiophene rings is 1. The van der Waals surface area contributed by atoms with Crippen molar-refractivity contribution in [1.82, 2.24) is 14.5 Å². The highest BCUT2D eigenvalue weighted by Crippen LogP contribution is 2.16. The minimum atomic E-state index is -3.53. The normalized spacial score (nSPS) is 11.1. The number of sulfonamides is 1. The molecular formula is C12H14N4O2S2. The fraction of sp³-hybridized carbons (Fsp3) is 0.250. The molecule has 2 aromatic heterocycles. The second-order valence-corrected chi connectivity index (χ2v) is 6.88. The van der Waals surface area contributed by atoms with Gasteiger partial charge in [-0.1, -0.05) is 11.8 Å². The molecule has 2 aromatic rings. The van der Waals surface area contributed by atoms with E-state index in [9.17, 15) is 8.42 Å². The Kier molecular flexibility index (Phi) is 4.57. The van der Waals surface area contributed by atoms with Gasteiger partial charge in [-0.05, 0) is 12.1 Å². The summed E-state index contributed by atoms with van der Waals surface area (Å²) in [6.07, 6.45) is 2.77. The number of rotatable bonds is 4. The number of aromatic nitrogens is 2. The first kappa shape index (κ1) is 14.7. The van der Waals surface area contributed by atoms with Crippen LogP contribution in [0.25, 0.3) is 0 Å². The zero-order valence-electron chi connectivity index (χ0n) is 10.8. The Morgan fingerprint density at radius 3 is 2.95 bits per heavy atom. The molecule has 0 aliphatic carbocycles. The lowest BCUT2D eigenvalue weighted by Crippen LogP contribution is -2.22. The van der Waals surface area contributed by atoms with Gasteiger partial charge < -0.3 is 5.73 Å². The van der Waals surface area contributed by atoms with E-state index in [-0.39, 0.29) is 11.4 Å². The molecule has 0 aliphatic heterocycles. The van der Waals surface area contributed by atoms with E-state index in [1.165, 1.54) is 28.4 Å². The Morgan fingerprint density at radius 2 is 2.30 bits per heavy atom. The van der Waals surface area contributed by atoms with Gasteiger partial charge in [-0.3, -0.25) is 4.68 Å². The number of nitrogens with zero attached hydrogens (tertiary/aromatic N) is 2. The van der Waals surface area contributed by atoms with Crippen LogP contribution >= 0.6 is 11.3 Å². The fourth-order valence-electron chi connectivity index (χ4n) is 1.47. The molecule has 0 radical (unpaired) electrons. The molecule has 8 heteroatoms. The number of nitrogens with two attached hydrogens (primary N) is 1. The monoisotopic (exact) mass is 310 g/mol. The first-order valence-electron chi connectivity index (χ1n) is 5.77. The van der Waals surface area contributed by atoms with Gasteiger partial charge in [0.05, 0.1) is 17.6 Å². The summed E-state index contributed by atoms with van der Waals surface area (Å²) >= 11 is 1.44. The van der Waals surface area contributed by atoms with E-state index >= 15 is 0 Å². The summed E-state index contributed by atoms with van der Waals surface area (Å²) in [6, 6.07) is 3.69. The van der Waals surface area contributed by atoms with E-state index in [4.69, 9.17) is 5.73 Å². The summed E-state index contributed by atoms with van der Waals surface area (Å²) in [7, 11) is -1.86. The summed E-state index contributed by atoms with van der Waals surface area (Å²) in [6.45, 7) is 0.535. The van der Waals surface area contributed by atoms with Gasteiger partial charge >= 0.3 is 0 Å². The quantitative estimate of drug-likeness (QED) is 0.793. The summed E-state index contributed by atoms with van der Waals surface area (Å²) < 4.78 is 28.0.